The molecule has 0 aromatic rings. The maximum absolute atomic E-state index is 14.2. The van der Waals surface area contributed by atoms with Gasteiger partial charge in [0, 0.05) is 0 Å². The first-order valence-corrected chi connectivity index (χ1v) is 6.99. The molecule has 2 atom stereocenters. The van der Waals surface area contributed by atoms with Crippen LogP contribution >= 0.6 is 0 Å². The van der Waals surface area contributed by atoms with Crippen molar-refractivity contribution in [2.45, 2.75) is 54.2 Å². The van der Waals surface area contributed by atoms with Crippen LogP contribution in [-0.4, -0.2) is 67.2 Å². The van der Waals surface area contributed by atoms with E-state index in [4.69, 9.17) is 0 Å². The fourth-order valence-electron chi connectivity index (χ4n) is 1.99. The first-order chi connectivity index (χ1) is 14.2. The predicted molar refractivity (Wildman–Crippen MR) is 58.3 cm³/mol. The van der Waals surface area contributed by atoms with Gasteiger partial charge in [0.25, 0.3) is 0 Å². The van der Waals surface area contributed by atoms with E-state index in [2.05, 4.69) is 14.2 Å². The second-order valence-corrected chi connectivity index (χ2v) is 5.73. The topological polar surface area (TPSA) is 54.0 Å². The summed E-state index contributed by atoms with van der Waals surface area (Å²) < 4.78 is 231. The zero-order chi connectivity index (χ0) is 26.7. The third kappa shape index (κ3) is 4.20. The molecule has 34 heavy (non-hydrogen) atoms. The van der Waals surface area contributed by atoms with E-state index < -0.39 is 60.8 Å². The molecule has 0 radical (unpaired) electrons. The normalized spacial score (nSPS) is 25.7. The van der Waals surface area contributed by atoms with Crippen LogP contribution < -0.4 is 0 Å². The van der Waals surface area contributed by atoms with Crippen molar-refractivity contribution >= 4 is 6.47 Å². The van der Waals surface area contributed by atoms with Gasteiger partial charge in [-0.05, 0) is 0 Å². The smallest absolute Gasteiger partial charge is 0.454 e. The third-order valence-corrected chi connectivity index (χ3v) is 3.57. The van der Waals surface area contributed by atoms with Crippen molar-refractivity contribution in [1.82, 2.24) is 0 Å². The van der Waals surface area contributed by atoms with Crippen LogP contribution in [0.1, 0.15) is 0 Å². The maximum atomic E-state index is 14.2. The fraction of sp³-hybridized carbons (Fsp3) is 0.909. The standard InChI is InChI=1S/C11H2F17O5.Rf/c12-3(1-30-5(32-3,8(20,21)22)11(27,28)31-2-29)9(23,24)33-10(25,26)4(13,6(14,15)16)7(17,18)19;/h1H2;/q-1;. The van der Waals surface area contributed by atoms with Crippen LogP contribution in [0.15, 0.2) is 0 Å². The van der Waals surface area contributed by atoms with E-state index in [9.17, 15) is 79.4 Å². The quantitative estimate of drug-likeness (QED) is 0.277. The number of alkyl halides is 17. The number of hydrogen-bond donors (Lipinski definition) is 0. The third-order valence-electron chi connectivity index (χ3n) is 3.57. The summed E-state index contributed by atoms with van der Waals surface area (Å²) in [6.07, 6.45) is -44.0. The summed E-state index contributed by atoms with van der Waals surface area (Å²) in [5, 5.41) is 0. The molecule has 2 unspecified atom stereocenters. The number of ether oxygens (including phenoxy) is 4. The van der Waals surface area contributed by atoms with Crippen molar-refractivity contribution in [3.05, 3.63) is 0 Å². The van der Waals surface area contributed by atoms with Gasteiger partial charge in [-0.3, -0.25) is 4.74 Å². The first kappa shape index (κ1) is 31.2. The van der Waals surface area contributed by atoms with Gasteiger partial charge >= 0.3 is 54.2 Å². The summed E-state index contributed by atoms with van der Waals surface area (Å²) in [5.74, 6) is -12.4. The fourth-order valence-corrected chi connectivity index (χ4v) is 1.99. The Bertz CT molecular complexity index is 734. The van der Waals surface area contributed by atoms with Crippen LogP contribution in [0.4, 0.5) is 74.6 Å². The van der Waals surface area contributed by atoms with Gasteiger partial charge in [-0.15, -0.1) is 0 Å². The zero-order valence-electron chi connectivity index (χ0n) is 14.9. The molecule has 0 bridgehead atoms. The zero-order valence-corrected chi connectivity index (χ0v) is 21.3. The summed E-state index contributed by atoms with van der Waals surface area (Å²) in [7, 11) is 0. The predicted octanol–water partition coefficient (Wildman–Crippen LogP) is 4.67. The molecule has 0 saturated carbocycles. The molecule has 0 aliphatic carbocycles. The Hall–Kier alpha value is -2.84. The molecule has 1 saturated heterocycles. The van der Waals surface area contributed by atoms with Gasteiger partial charge in [0.05, 0.1) is 0 Å². The number of halogens is 17. The van der Waals surface area contributed by atoms with Gasteiger partial charge < -0.3 is 14.3 Å². The maximum Gasteiger partial charge on any atom is 0.454 e. The van der Waals surface area contributed by atoms with E-state index in [1.807, 2.05) is 0 Å². The van der Waals surface area contributed by atoms with Gasteiger partial charge in [-0.25, -0.2) is 9.13 Å². The molecule has 5 nitrogen and oxygen atoms in total. The average molecular weight is 804 g/mol. The van der Waals surface area contributed by atoms with Crippen molar-refractivity contribution in [3.8, 4) is 0 Å². The first-order valence-electron chi connectivity index (χ1n) is 6.99. The summed E-state index contributed by atoms with van der Waals surface area (Å²) >= 11 is 0. The van der Waals surface area contributed by atoms with Gasteiger partial charge in [0.2, 0.25) is 0 Å². The molecule has 0 aromatic carbocycles. The van der Waals surface area contributed by atoms with Crippen molar-refractivity contribution < 1.29 is 98.4 Å². The van der Waals surface area contributed by atoms with Crippen LogP contribution in [0.25, 0.3) is 0 Å². The number of carbonyl (C=O) groups excluding carboxylic acids is 1. The molecule has 1 rings (SSSR count). The van der Waals surface area contributed by atoms with Crippen molar-refractivity contribution in [2.75, 3.05) is 6.61 Å². The Morgan fingerprint density at radius 1 is 0.735 bits per heavy atom. The van der Waals surface area contributed by atoms with E-state index >= 15 is 0 Å². The molecule has 1 aliphatic rings. The molecular weight excluding hydrogens is 802 g/mol. The minimum absolute atomic E-state index is 0. The monoisotopic (exact) mass is 804 g/mol. The summed E-state index contributed by atoms with van der Waals surface area (Å²) in [6, 6.07) is 0. The summed E-state index contributed by atoms with van der Waals surface area (Å²) in [4.78, 5) is 9.76. The Balaban J connectivity index is 0.0000109. The van der Waals surface area contributed by atoms with Crippen molar-refractivity contribution in [2.24, 2.45) is 0 Å². The molecule has 0 amide bonds. The molecule has 0 spiro atoms. The molecule has 1 aliphatic heterocycles. The minimum atomic E-state index is -8.03. The van der Waals surface area contributed by atoms with E-state index in [-0.39, 0.29) is 6.47 Å². The van der Waals surface area contributed by atoms with Crippen LogP contribution in [0, 0.1) is 0 Å². The summed E-state index contributed by atoms with van der Waals surface area (Å²) in [6.45, 7) is -3.71. The molecule has 0 N–H and O–H groups in total. The average Bonchev–Trinajstić information content (AvgIpc) is 2.92. The number of rotatable bonds is 7. The van der Waals surface area contributed by atoms with Gasteiger partial charge in [0.15, 0.2) is 0 Å². The Kier molecular flexibility index (Phi) is 7.19. The van der Waals surface area contributed by atoms with Gasteiger partial charge in [-0.1, -0.05) is 6.47 Å². The van der Waals surface area contributed by atoms with Crippen LogP contribution in [0.3, 0.4) is 0 Å². The van der Waals surface area contributed by atoms with E-state index in [1.165, 1.54) is 0 Å². The second-order valence-electron chi connectivity index (χ2n) is 5.73. The molecular formula is C11H2F17O5Rf-. The van der Waals surface area contributed by atoms with Crippen molar-refractivity contribution in [3.63, 3.8) is 0 Å². The molecule has 0 aromatic heterocycles. The van der Waals surface area contributed by atoms with E-state index in [0.717, 1.165) is 0 Å². The van der Waals surface area contributed by atoms with E-state index in [1.54, 1.807) is 4.74 Å². The largest absolute Gasteiger partial charge is 0.599 e. The Morgan fingerprint density at radius 2 is 1.15 bits per heavy atom. The molecule has 1 heterocycles. The summed E-state index contributed by atoms with van der Waals surface area (Å²) in [5.41, 5.74) is -8.03. The second kappa shape index (κ2) is 7.85. The molecule has 1 fully saturated rings. The van der Waals surface area contributed by atoms with Gasteiger partial charge in [0.1, 0.15) is 6.61 Å². The number of hydrogen-bond acceptors (Lipinski definition) is 5. The molecule has 23 heteroatoms. The van der Waals surface area contributed by atoms with Crippen molar-refractivity contribution in [1.29, 1.82) is 0 Å². The minimum Gasteiger partial charge on any atom is -0.599 e. The Labute approximate surface area is 167 Å². The molecule has 198 valence electrons. The van der Waals surface area contributed by atoms with Crippen LogP contribution in [0.5, 0.6) is 0 Å². The van der Waals surface area contributed by atoms with Gasteiger partial charge in [-0.2, -0.15) is 70.2 Å². The SMILES string of the molecule is O=[C-]OC(F)(F)C1(C(F)(F)F)OCC(F)(C(F)(F)OC(F)(F)C(F)(C(F)(F)F)C(F)(F)F)O1.[Rf]. The van der Waals surface area contributed by atoms with Crippen LogP contribution in [0.2, 0.25) is 0 Å². The van der Waals surface area contributed by atoms with E-state index in [0.29, 0.717) is 0 Å². The van der Waals surface area contributed by atoms with Crippen LogP contribution in [-0.2, 0) is 23.7 Å². The Morgan fingerprint density at radius 3 is 1.47 bits per heavy atom.